The Morgan fingerprint density at radius 3 is 2.90 bits per heavy atom. The minimum absolute atomic E-state index is 0.0572. The van der Waals surface area contributed by atoms with E-state index in [4.69, 9.17) is 5.73 Å². The van der Waals surface area contributed by atoms with E-state index in [1.54, 1.807) is 6.20 Å². The zero-order valence-corrected chi connectivity index (χ0v) is 13.1. The van der Waals surface area contributed by atoms with Crippen molar-refractivity contribution in [1.29, 1.82) is 0 Å². The van der Waals surface area contributed by atoms with Crippen LogP contribution >= 0.6 is 0 Å². The Kier molecular flexibility index (Phi) is 5.70. The quantitative estimate of drug-likeness (QED) is 0.903. The van der Waals surface area contributed by atoms with E-state index in [-0.39, 0.29) is 5.91 Å². The monoisotopic (exact) mass is 290 g/mol. The van der Waals surface area contributed by atoms with Gasteiger partial charge in [0, 0.05) is 32.4 Å². The van der Waals surface area contributed by atoms with Gasteiger partial charge in [0.1, 0.15) is 5.69 Å². The Bertz CT molecular complexity index is 477. The van der Waals surface area contributed by atoms with Gasteiger partial charge in [-0.05, 0) is 44.0 Å². The number of aryl methyl sites for hydroxylation is 1. The molecule has 0 aromatic carbocycles. The number of pyridine rings is 1. The van der Waals surface area contributed by atoms with E-state index >= 15 is 0 Å². The molecule has 0 saturated carbocycles. The number of rotatable bonds is 4. The summed E-state index contributed by atoms with van der Waals surface area (Å²) in [5.74, 6) is 0.562. The van der Waals surface area contributed by atoms with Crippen LogP contribution in [0.1, 0.15) is 29.4 Å². The Morgan fingerprint density at radius 1 is 1.38 bits per heavy atom. The lowest BCUT2D eigenvalue weighted by atomic mass is 10.1. The zero-order valence-electron chi connectivity index (χ0n) is 13.1. The number of aromatic nitrogens is 1. The third kappa shape index (κ3) is 4.25. The molecule has 1 aromatic heterocycles. The van der Waals surface area contributed by atoms with Crippen LogP contribution in [0.5, 0.6) is 0 Å². The van der Waals surface area contributed by atoms with Crippen molar-refractivity contribution in [1.82, 2.24) is 14.8 Å². The van der Waals surface area contributed by atoms with Crippen molar-refractivity contribution in [2.24, 2.45) is 11.7 Å². The predicted molar refractivity (Wildman–Crippen MR) is 84.2 cm³/mol. The van der Waals surface area contributed by atoms with E-state index in [0.29, 0.717) is 18.2 Å². The molecule has 1 aliphatic heterocycles. The van der Waals surface area contributed by atoms with Gasteiger partial charge in [-0.15, -0.1) is 0 Å². The third-order valence-electron chi connectivity index (χ3n) is 4.06. The van der Waals surface area contributed by atoms with Crippen molar-refractivity contribution in [2.75, 3.05) is 39.3 Å². The first-order valence-corrected chi connectivity index (χ1v) is 7.75. The maximum Gasteiger partial charge on any atom is 0.272 e. The van der Waals surface area contributed by atoms with E-state index in [9.17, 15) is 4.79 Å². The average molecular weight is 290 g/mol. The molecule has 2 heterocycles. The van der Waals surface area contributed by atoms with Gasteiger partial charge >= 0.3 is 0 Å². The second kappa shape index (κ2) is 7.52. The highest BCUT2D eigenvalue weighted by Gasteiger charge is 2.22. The summed E-state index contributed by atoms with van der Waals surface area (Å²) in [4.78, 5) is 21.2. The average Bonchev–Trinajstić information content (AvgIpc) is 2.72. The Morgan fingerprint density at radius 2 is 2.19 bits per heavy atom. The molecule has 116 valence electrons. The summed E-state index contributed by atoms with van der Waals surface area (Å²) in [5.41, 5.74) is 7.23. The fourth-order valence-corrected chi connectivity index (χ4v) is 2.73. The van der Waals surface area contributed by atoms with Crippen LogP contribution in [-0.4, -0.2) is 60.0 Å². The number of nitrogens with two attached hydrogens (primary N) is 1. The molecule has 2 N–H and O–H groups in total. The van der Waals surface area contributed by atoms with Gasteiger partial charge in [-0.2, -0.15) is 0 Å². The van der Waals surface area contributed by atoms with Crippen LogP contribution in [0, 0.1) is 12.8 Å². The van der Waals surface area contributed by atoms with Crippen molar-refractivity contribution < 1.29 is 4.79 Å². The number of hydrogen-bond acceptors (Lipinski definition) is 4. The molecule has 21 heavy (non-hydrogen) atoms. The van der Waals surface area contributed by atoms with Crippen molar-refractivity contribution >= 4 is 5.91 Å². The third-order valence-corrected chi connectivity index (χ3v) is 4.06. The van der Waals surface area contributed by atoms with Gasteiger partial charge < -0.3 is 15.5 Å². The van der Waals surface area contributed by atoms with Crippen LogP contribution in [-0.2, 0) is 0 Å². The molecule has 0 bridgehead atoms. The summed E-state index contributed by atoms with van der Waals surface area (Å²) in [6.07, 6.45) is 2.70. The van der Waals surface area contributed by atoms with Crippen LogP contribution in [0.25, 0.3) is 0 Å². The highest BCUT2D eigenvalue weighted by molar-refractivity contribution is 5.93. The largest absolute Gasteiger partial charge is 0.336 e. The first-order chi connectivity index (χ1) is 10.1. The topological polar surface area (TPSA) is 62.5 Å². The van der Waals surface area contributed by atoms with Crippen molar-refractivity contribution in [3.8, 4) is 0 Å². The number of carbonyl (C=O) groups excluding carboxylic acids is 1. The van der Waals surface area contributed by atoms with Gasteiger partial charge in [-0.1, -0.05) is 13.0 Å². The smallest absolute Gasteiger partial charge is 0.272 e. The second-order valence-electron chi connectivity index (χ2n) is 5.96. The molecule has 0 spiro atoms. The Balaban J connectivity index is 1.97. The SMILES string of the molecule is Cc1cccnc1C(=O)N1CCCN(CC(C)CN)CC1. The number of nitrogens with zero attached hydrogens (tertiary/aromatic N) is 3. The molecule has 2 rings (SSSR count). The van der Waals surface area contributed by atoms with E-state index in [1.807, 2.05) is 24.0 Å². The molecule has 1 amide bonds. The van der Waals surface area contributed by atoms with Gasteiger partial charge in [-0.3, -0.25) is 9.78 Å². The molecular formula is C16H26N4O. The summed E-state index contributed by atoms with van der Waals surface area (Å²) in [6.45, 7) is 9.37. The molecule has 1 fully saturated rings. The van der Waals surface area contributed by atoms with E-state index < -0.39 is 0 Å². The summed E-state index contributed by atoms with van der Waals surface area (Å²) < 4.78 is 0. The number of carbonyl (C=O) groups is 1. The minimum Gasteiger partial charge on any atom is -0.336 e. The van der Waals surface area contributed by atoms with E-state index in [2.05, 4.69) is 16.8 Å². The van der Waals surface area contributed by atoms with E-state index in [1.165, 1.54) is 0 Å². The van der Waals surface area contributed by atoms with Gasteiger partial charge in [0.15, 0.2) is 0 Å². The lowest BCUT2D eigenvalue weighted by Crippen LogP contribution is -2.37. The molecule has 1 unspecified atom stereocenters. The van der Waals surface area contributed by atoms with Crippen LogP contribution in [0.3, 0.4) is 0 Å². The van der Waals surface area contributed by atoms with Gasteiger partial charge in [0.2, 0.25) is 0 Å². The normalized spacial score (nSPS) is 18.3. The molecule has 0 aliphatic carbocycles. The molecule has 1 saturated heterocycles. The second-order valence-corrected chi connectivity index (χ2v) is 5.96. The Labute approximate surface area is 127 Å². The lowest BCUT2D eigenvalue weighted by molar-refractivity contribution is 0.0754. The summed E-state index contributed by atoms with van der Waals surface area (Å²) in [6, 6.07) is 3.80. The molecule has 0 radical (unpaired) electrons. The summed E-state index contributed by atoms with van der Waals surface area (Å²) >= 11 is 0. The van der Waals surface area contributed by atoms with Gasteiger partial charge in [0.25, 0.3) is 5.91 Å². The predicted octanol–water partition coefficient (Wildman–Crippen LogP) is 1.13. The van der Waals surface area contributed by atoms with Crippen molar-refractivity contribution in [3.05, 3.63) is 29.6 Å². The summed E-state index contributed by atoms with van der Waals surface area (Å²) in [5, 5.41) is 0. The molecule has 5 heteroatoms. The zero-order chi connectivity index (χ0) is 15.2. The standard InChI is InChI=1S/C16H26N4O/c1-13(11-17)12-19-7-4-8-20(10-9-19)16(21)15-14(2)5-3-6-18-15/h3,5-6,13H,4,7-12,17H2,1-2H3. The number of hydrogen-bond donors (Lipinski definition) is 1. The molecule has 1 aliphatic rings. The summed E-state index contributed by atoms with van der Waals surface area (Å²) in [7, 11) is 0. The first-order valence-electron chi connectivity index (χ1n) is 7.75. The van der Waals surface area contributed by atoms with Crippen LogP contribution in [0.15, 0.2) is 18.3 Å². The molecule has 1 aromatic rings. The molecule has 5 nitrogen and oxygen atoms in total. The van der Waals surface area contributed by atoms with Crippen LogP contribution in [0.4, 0.5) is 0 Å². The van der Waals surface area contributed by atoms with Crippen molar-refractivity contribution in [2.45, 2.75) is 20.3 Å². The van der Waals surface area contributed by atoms with E-state index in [0.717, 1.165) is 44.7 Å². The Hall–Kier alpha value is -1.46. The highest BCUT2D eigenvalue weighted by Crippen LogP contribution is 2.11. The molecule has 1 atom stereocenters. The fourth-order valence-electron chi connectivity index (χ4n) is 2.73. The van der Waals surface area contributed by atoms with Crippen LogP contribution in [0.2, 0.25) is 0 Å². The highest BCUT2D eigenvalue weighted by atomic mass is 16.2. The maximum absolute atomic E-state index is 12.6. The van der Waals surface area contributed by atoms with Crippen LogP contribution < -0.4 is 5.73 Å². The fraction of sp³-hybridized carbons (Fsp3) is 0.625. The van der Waals surface area contributed by atoms with Gasteiger partial charge in [0.05, 0.1) is 0 Å². The van der Waals surface area contributed by atoms with Gasteiger partial charge in [-0.25, -0.2) is 0 Å². The maximum atomic E-state index is 12.6. The number of amides is 1. The molecular weight excluding hydrogens is 264 g/mol. The first kappa shape index (κ1) is 15.9. The minimum atomic E-state index is 0.0572. The lowest BCUT2D eigenvalue weighted by Gasteiger charge is -2.24. The van der Waals surface area contributed by atoms with Crippen molar-refractivity contribution in [3.63, 3.8) is 0 Å².